The van der Waals surface area contributed by atoms with Crippen molar-refractivity contribution in [2.75, 3.05) is 18.4 Å². The highest BCUT2D eigenvalue weighted by Gasteiger charge is 2.28. The van der Waals surface area contributed by atoms with Crippen LogP contribution in [0.1, 0.15) is 28.8 Å². The number of aromatic nitrogens is 1. The van der Waals surface area contributed by atoms with E-state index in [-0.39, 0.29) is 17.7 Å². The van der Waals surface area contributed by atoms with Gasteiger partial charge in [0.2, 0.25) is 5.91 Å². The second-order valence-electron chi connectivity index (χ2n) is 5.59. The summed E-state index contributed by atoms with van der Waals surface area (Å²) in [7, 11) is 0. The number of hydrogen-bond acceptors (Lipinski definition) is 5. The Kier molecular flexibility index (Phi) is 4.87. The Morgan fingerprint density at radius 1 is 1.33 bits per heavy atom. The molecule has 1 fully saturated rings. The van der Waals surface area contributed by atoms with Crippen molar-refractivity contribution >= 4 is 28.3 Å². The second kappa shape index (κ2) is 7.23. The van der Waals surface area contributed by atoms with Crippen molar-refractivity contribution in [3.05, 3.63) is 47.0 Å². The van der Waals surface area contributed by atoms with E-state index >= 15 is 0 Å². The molecule has 0 unspecified atom stereocenters. The molecule has 3 rings (SSSR count). The average Bonchev–Trinajstić information content (AvgIpc) is 3.14. The van der Waals surface area contributed by atoms with Crippen LogP contribution in [0.2, 0.25) is 0 Å². The quantitative estimate of drug-likeness (QED) is 0.930. The van der Waals surface area contributed by atoms with Gasteiger partial charge in [0.1, 0.15) is 0 Å². The third kappa shape index (κ3) is 3.60. The minimum atomic E-state index is -0.108. The van der Waals surface area contributed by atoms with Gasteiger partial charge in [0.15, 0.2) is 5.13 Å². The van der Waals surface area contributed by atoms with E-state index in [9.17, 15) is 9.59 Å². The molecule has 1 aromatic carbocycles. The van der Waals surface area contributed by atoms with Crippen LogP contribution < -0.4 is 5.32 Å². The number of thiazole rings is 1. The van der Waals surface area contributed by atoms with Gasteiger partial charge in [-0.1, -0.05) is 6.07 Å². The minimum Gasteiger partial charge on any atom is -0.339 e. The van der Waals surface area contributed by atoms with Crippen molar-refractivity contribution in [1.29, 1.82) is 5.26 Å². The molecule has 0 aliphatic carbocycles. The van der Waals surface area contributed by atoms with Gasteiger partial charge in [-0.05, 0) is 31.0 Å². The third-order valence-electron chi connectivity index (χ3n) is 4.05. The lowest BCUT2D eigenvalue weighted by Crippen LogP contribution is -2.41. The Labute approximate surface area is 143 Å². The second-order valence-corrected chi connectivity index (χ2v) is 6.48. The molecule has 0 atom stereocenters. The van der Waals surface area contributed by atoms with E-state index in [1.165, 1.54) is 11.3 Å². The zero-order chi connectivity index (χ0) is 16.9. The minimum absolute atomic E-state index is 0.0384. The normalized spacial score (nSPS) is 14.9. The number of rotatable bonds is 3. The number of carbonyl (C=O) groups excluding carboxylic acids is 2. The van der Waals surface area contributed by atoms with Crippen LogP contribution in [0, 0.1) is 17.2 Å². The Balaban J connectivity index is 1.57. The highest BCUT2D eigenvalue weighted by Crippen LogP contribution is 2.22. The molecule has 0 saturated carbocycles. The van der Waals surface area contributed by atoms with Crippen molar-refractivity contribution in [2.45, 2.75) is 12.8 Å². The first-order valence-corrected chi connectivity index (χ1v) is 8.55. The van der Waals surface area contributed by atoms with Crippen LogP contribution in [0.25, 0.3) is 0 Å². The van der Waals surface area contributed by atoms with E-state index in [2.05, 4.69) is 10.3 Å². The van der Waals surface area contributed by atoms with Crippen LogP contribution in [0.15, 0.2) is 35.8 Å². The number of nitrogens with one attached hydrogen (secondary N) is 1. The van der Waals surface area contributed by atoms with Crippen molar-refractivity contribution in [1.82, 2.24) is 9.88 Å². The molecule has 2 amide bonds. The highest BCUT2D eigenvalue weighted by molar-refractivity contribution is 7.13. The first-order chi connectivity index (χ1) is 11.7. The molecule has 1 N–H and O–H groups in total. The van der Waals surface area contributed by atoms with Gasteiger partial charge in [0, 0.05) is 36.1 Å². The van der Waals surface area contributed by atoms with Gasteiger partial charge in [-0.2, -0.15) is 5.26 Å². The predicted molar refractivity (Wildman–Crippen MR) is 90.5 cm³/mol. The predicted octanol–water partition coefficient (Wildman–Crippen LogP) is 2.51. The molecule has 1 aliphatic rings. The zero-order valence-corrected chi connectivity index (χ0v) is 13.8. The van der Waals surface area contributed by atoms with Crippen LogP contribution in [0.4, 0.5) is 5.13 Å². The fraction of sp³-hybridized carbons (Fsp3) is 0.294. The molecule has 6 nitrogen and oxygen atoms in total. The Bertz CT molecular complexity index is 774. The molecular weight excluding hydrogens is 324 g/mol. The van der Waals surface area contributed by atoms with Crippen molar-refractivity contribution in [3.63, 3.8) is 0 Å². The Morgan fingerprint density at radius 3 is 2.79 bits per heavy atom. The molecule has 0 radical (unpaired) electrons. The van der Waals surface area contributed by atoms with Crippen LogP contribution >= 0.6 is 11.3 Å². The van der Waals surface area contributed by atoms with E-state index in [4.69, 9.17) is 5.26 Å². The summed E-state index contributed by atoms with van der Waals surface area (Å²) in [5, 5.41) is 14.2. The van der Waals surface area contributed by atoms with Crippen molar-refractivity contribution in [3.8, 4) is 6.07 Å². The van der Waals surface area contributed by atoms with Gasteiger partial charge in [-0.25, -0.2) is 4.98 Å². The molecular formula is C17H16N4O2S. The summed E-state index contributed by atoms with van der Waals surface area (Å²) in [6.07, 6.45) is 2.90. The topological polar surface area (TPSA) is 86.1 Å². The standard InChI is InChI=1S/C17H16N4O2S/c18-11-12-2-1-3-14(10-12)16(23)21-7-4-13(5-8-21)15(22)20-17-19-6-9-24-17/h1-3,6,9-10,13H,4-5,7-8H2,(H,19,20,22). The third-order valence-corrected chi connectivity index (χ3v) is 4.74. The summed E-state index contributed by atoms with van der Waals surface area (Å²) in [6, 6.07) is 8.73. The number of benzene rings is 1. The van der Waals surface area contributed by atoms with Gasteiger partial charge < -0.3 is 10.2 Å². The fourth-order valence-electron chi connectivity index (χ4n) is 2.74. The smallest absolute Gasteiger partial charge is 0.253 e. The summed E-state index contributed by atoms with van der Waals surface area (Å²) >= 11 is 1.39. The molecule has 2 aromatic rings. The van der Waals surface area contributed by atoms with Crippen LogP contribution in [-0.2, 0) is 4.79 Å². The van der Waals surface area contributed by atoms with E-state index in [0.29, 0.717) is 42.2 Å². The molecule has 7 heteroatoms. The van der Waals surface area contributed by atoms with E-state index in [1.807, 2.05) is 11.4 Å². The largest absolute Gasteiger partial charge is 0.339 e. The number of hydrogen-bond donors (Lipinski definition) is 1. The lowest BCUT2D eigenvalue weighted by Gasteiger charge is -2.31. The van der Waals surface area contributed by atoms with E-state index in [1.54, 1.807) is 35.4 Å². The summed E-state index contributed by atoms with van der Waals surface area (Å²) in [4.78, 5) is 30.5. The monoisotopic (exact) mass is 340 g/mol. The summed E-state index contributed by atoms with van der Waals surface area (Å²) < 4.78 is 0. The highest BCUT2D eigenvalue weighted by atomic mass is 32.1. The molecule has 0 spiro atoms. The number of nitriles is 1. The maximum Gasteiger partial charge on any atom is 0.253 e. The van der Waals surface area contributed by atoms with Crippen LogP contribution in [-0.4, -0.2) is 34.8 Å². The van der Waals surface area contributed by atoms with Crippen molar-refractivity contribution in [2.24, 2.45) is 5.92 Å². The lowest BCUT2D eigenvalue weighted by molar-refractivity contribution is -0.121. The number of amides is 2. The lowest BCUT2D eigenvalue weighted by atomic mass is 9.95. The molecule has 0 bridgehead atoms. The van der Waals surface area contributed by atoms with Crippen LogP contribution in [0.3, 0.4) is 0 Å². The maximum absolute atomic E-state index is 12.5. The molecule has 122 valence electrons. The SMILES string of the molecule is N#Cc1cccc(C(=O)N2CCC(C(=O)Nc3nccs3)CC2)c1. The summed E-state index contributed by atoms with van der Waals surface area (Å²) in [6.45, 7) is 1.07. The number of carbonyl (C=O) groups is 2. The van der Waals surface area contributed by atoms with E-state index in [0.717, 1.165) is 0 Å². The molecule has 1 aliphatic heterocycles. The van der Waals surface area contributed by atoms with Gasteiger partial charge in [0.25, 0.3) is 5.91 Å². The molecule has 1 saturated heterocycles. The van der Waals surface area contributed by atoms with Crippen molar-refractivity contribution < 1.29 is 9.59 Å². The van der Waals surface area contributed by atoms with Crippen LogP contribution in [0.5, 0.6) is 0 Å². The number of nitrogens with zero attached hydrogens (tertiary/aromatic N) is 3. The molecule has 1 aromatic heterocycles. The molecule has 2 heterocycles. The maximum atomic E-state index is 12.5. The van der Waals surface area contributed by atoms with E-state index < -0.39 is 0 Å². The Hall–Kier alpha value is -2.72. The molecule has 24 heavy (non-hydrogen) atoms. The Morgan fingerprint density at radius 2 is 2.12 bits per heavy atom. The average molecular weight is 340 g/mol. The van der Waals surface area contributed by atoms with Gasteiger partial charge in [-0.3, -0.25) is 9.59 Å². The number of likely N-dealkylation sites (tertiary alicyclic amines) is 1. The summed E-state index contributed by atoms with van der Waals surface area (Å²) in [5.74, 6) is -0.238. The fourth-order valence-corrected chi connectivity index (χ4v) is 3.27. The van der Waals surface area contributed by atoms with Gasteiger partial charge in [-0.15, -0.1) is 11.3 Å². The van der Waals surface area contributed by atoms with Gasteiger partial charge in [0.05, 0.1) is 11.6 Å². The number of piperidine rings is 1. The van der Waals surface area contributed by atoms with Gasteiger partial charge >= 0.3 is 0 Å². The number of anilines is 1. The first kappa shape index (κ1) is 16.1. The first-order valence-electron chi connectivity index (χ1n) is 7.67. The zero-order valence-electron chi connectivity index (χ0n) is 12.9. The summed E-state index contributed by atoms with van der Waals surface area (Å²) in [5.41, 5.74) is 0.985.